The van der Waals surface area contributed by atoms with Crippen molar-refractivity contribution in [1.29, 1.82) is 0 Å². The van der Waals surface area contributed by atoms with Gasteiger partial charge in [-0.25, -0.2) is 0 Å². The summed E-state index contributed by atoms with van der Waals surface area (Å²) in [7, 11) is 0. The van der Waals surface area contributed by atoms with Crippen molar-refractivity contribution in [3.8, 4) is 11.5 Å². The zero-order valence-electron chi connectivity index (χ0n) is 14.7. The van der Waals surface area contributed by atoms with Crippen LogP contribution >= 0.6 is 11.8 Å². The molecule has 1 atom stereocenters. The lowest BCUT2D eigenvalue weighted by Gasteiger charge is -2.11. The number of hydrogen-bond acceptors (Lipinski definition) is 9. The van der Waals surface area contributed by atoms with Gasteiger partial charge in [-0.05, 0) is 19.1 Å². The van der Waals surface area contributed by atoms with Crippen molar-refractivity contribution in [3.05, 3.63) is 46.2 Å². The standard InChI is InChI=1S/C16H17N5O4S/c1-9(26-15-20-19-14(25-15)16(2,3)4)12-17-18-13(24-12)10-5-7-11(8-6-10)21(22)23/h5-9H,1-4H3. The van der Waals surface area contributed by atoms with Gasteiger partial charge >= 0.3 is 0 Å². The summed E-state index contributed by atoms with van der Waals surface area (Å²) in [5.41, 5.74) is 0.394. The Morgan fingerprint density at radius 2 is 1.77 bits per heavy atom. The first-order valence-corrected chi connectivity index (χ1v) is 8.71. The molecule has 26 heavy (non-hydrogen) atoms. The second kappa shape index (κ2) is 6.87. The number of aromatic nitrogens is 4. The molecule has 0 fully saturated rings. The molecule has 3 rings (SSSR count). The van der Waals surface area contributed by atoms with Crippen molar-refractivity contribution in [2.45, 2.75) is 43.6 Å². The van der Waals surface area contributed by atoms with Crippen LogP contribution in [0.3, 0.4) is 0 Å². The van der Waals surface area contributed by atoms with Crippen LogP contribution in [0, 0.1) is 10.1 Å². The normalized spacial score (nSPS) is 12.9. The average molecular weight is 375 g/mol. The van der Waals surface area contributed by atoms with Gasteiger partial charge in [-0.2, -0.15) is 0 Å². The van der Waals surface area contributed by atoms with Crippen LogP contribution in [0.2, 0.25) is 0 Å². The Kier molecular flexibility index (Phi) is 4.77. The predicted octanol–water partition coefficient (Wildman–Crippen LogP) is 4.18. The summed E-state index contributed by atoms with van der Waals surface area (Å²) in [5, 5.41) is 27.1. The topological polar surface area (TPSA) is 121 Å². The molecule has 0 aliphatic carbocycles. The highest BCUT2D eigenvalue weighted by Gasteiger charge is 2.24. The molecule has 0 aliphatic heterocycles. The molecule has 1 aromatic carbocycles. The molecule has 0 saturated carbocycles. The monoisotopic (exact) mass is 375 g/mol. The number of nitro groups is 1. The van der Waals surface area contributed by atoms with Crippen molar-refractivity contribution < 1.29 is 13.8 Å². The summed E-state index contributed by atoms with van der Waals surface area (Å²) >= 11 is 1.32. The van der Waals surface area contributed by atoms with E-state index in [4.69, 9.17) is 8.83 Å². The van der Waals surface area contributed by atoms with E-state index in [1.165, 1.54) is 23.9 Å². The first-order chi connectivity index (χ1) is 12.2. The van der Waals surface area contributed by atoms with Crippen molar-refractivity contribution in [2.75, 3.05) is 0 Å². The highest BCUT2D eigenvalue weighted by atomic mass is 32.2. The van der Waals surface area contributed by atoms with Crippen molar-refractivity contribution >= 4 is 17.4 Å². The van der Waals surface area contributed by atoms with Crippen LogP contribution in [0.1, 0.15) is 44.7 Å². The predicted molar refractivity (Wildman–Crippen MR) is 93.7 cm³/mol. The third kappa shape index (κ3) is 3.90. The Morgan fingerprint density at radius 1 is 1.08 bits per heavy atom. The van der Waals surface area contributed by atoms with E-state index in [-0.39, 0.29) is 16.4 Å². The maximum Gasteiger partial charge on any atom is 0.277 e. The molecule has 0 spiro atoms. The van der Waals surface area contributed by atoms with Gasteiger partial charge in [0.2, 0.25) is 17.7 Å². The second-order valence-electron chi connectivity index (χ2n) is 6.63. The maximum atomic E-state index is 10.7. The number of nitro benzene ring substituents is 1. The third-order valence-electron chi connectivity index (χ3n) is 3.44. The van der Waals surface area contributed by atoms with Crippen LogP contribution in [-0.2, 0) is 5.41 Å². The number of nitrogens with zero attached hydrogens (tertiary/aromatic N) is 5. The van der Waals surface area contributed by atoms with Crippen LogP contribution in [0.4, 0.5) is 5.69 Å². The Hall–Kier alpha value is -2.75. The lowest BCUT2D eigenvalue weighted by Crippen LogP contribution is -2.11. The second-order valence-corrected chi connectivity index (χ2v) is 7.92. The van der Waals surface area contributed by atoms with Gasteiger partial charge in [0, 0.05) is 23.1 Å². The van der Waals surface area contributed by atoms with E-state index in [0.717, 1.165) is 0 Å². The van der Waals surface area contributed by atoms with Crippen LogP contribution in [0.25, 0.3) is 11.5 Å². The van der Waals surface area contributed by atoms with E-state index in [0.29, 0.717) is 28.5 Å². The molecule has 9 nitrogen and oxygen atoms in total. The molecule has 2 aromatic heterocycles. The lowest BCUT2D eigenvalue weighted by atomic mass is 9.97. The fraction of sp³-hybridized carbons (Fsp3) is 0.375. The SMILES string of the molecule is CC(Sc1nnc(C(C)(C)C)o1)c1nnc(-c2ccc([N+](=O)[O-])cc2)o1. The van der Waals surface area contributed by atoms with Gasteiger partial charge in [0.05, 0.1) is 10.2 Å². The highest BCUT2D eigenvalue weighted by molar-refractivity contribution is 7.99. The first kappa shape index (κ1) is 18.1. The van der Waals surface area contributed by atoms with Gasteiger partial charge in [-0.1, -0.05) is 32.5 Å². The molecule has 0 saturated heterocycles. The Labute approximate surface area is 153 Å². The molecule has 3 aromatic rings. The average Bonchev–Trinajstić information content (AvgIpc) is 3.24. The molecule has 0 radical (unpaired) electrons. The minimum atomic E-state index is -0.460. The summed E-state index contributed by atoms with van der Waals surface area (Å²) in [6, 6.07) is 5.93. The van der Waals surface area contributed by atoms with E-state index < -0.39 is 4.92 Å². The van der Waals surface area contributed by atoms with Crippen LogP contribution in [0.15, 0.2) is 38.3 Å². The number of thioether (sulfide) groups is 1. The molecular weight excluding hydrogens is 358 g/mol. The molecule has 0 aliphatic rings. The molecule has 2 heterocycles. The minimum Gasteiger partial charge on any atom is -0.419 e. The van der Waals surface area contributed by atoms with Crippen LogP contribution in [-0.4, -0.2) is 25.3 Å². The van der Waals surface area contributed by atoms with Crippen LogP contribution in [0.5, 0.6) is 0 Å². The maximum absolute atomic E-state index is 10.7. The molecule has 1 unspecified atom stereocenters. The smallest absolute Gasteiger partial charge is 0.277 e. The zero-order chi connectivity index (χ0) is 18.9. The van der Waals surface area contributed by atoms with Crippen molar-refractivity contribution in [2.24, 2.45) is 0 Å². The highest BCUT2D eigenvalue weighted by Crippen LogP contribution is 2.35. The van der Waals surface area contributed by atoms with E-state index in [9.17, 15) is 10.1 Å². The molecule has 0 N–H and O–H groups in total. The quantitative estimate of drug-likeness (QED) is 0.367. The summed E-state index contributed by atoms with van der Waals surface area (Å²) < 4.78 is 11.3. The van der Waals surface area contributed by atoms with Gasteiger partial charge in [0.1, 0.15) is 0 Å². The molecule has 136 valence electrons. The first-order valence-electron chi connectivity index (χ1n) is 7.83. The zero-order valence-corrected chi connectivity index (χ0v) is 15.5. The van der Waals surface area contributed by atoms with Crippen molar-refractivity contribution in [3.63, 3.8) is 0 Å². The van der Waals surface area contributed by atoms with Gasteiger partial charge in [-0.15, -0.1) is 20.4 Å². The summed E-state index contributed by atoms with van der Waals surface area (Å²) in [5.74, 6) is 1.26. The fourth-order valence-electron chi connectivity index (χ4n) is 2.00. The van der Waals surface area contributed by atoms with E-state index >= 15 is 0 Å². The van der Waals surface area contributed by atoms with Crippen LogP contribution < -0.4 is 0 Å². The molecule has 0 amide bonds. The number of benzene rings is 1. The lowest BCUT2D eigenvalue weighted by molar-refractivity contribution is -0.384. The van der Waals surface area contributed by atoms with E-state index in [2.05, 4.69) is 20.4 Å². The molecule has 0 bridgehead atoms. The largest absolute Gasteiger partial charge is 0.419 e. The number of non-ortho nitro benzene ring substituents is 1. The minimum absolute atomic E-state index is 0.00320. The van der Waals surface area contributed by atoms with Gasteiger partial charge in [0.15, 0.2) is 0 Å². The van der Waals surface area contributed by atoms with E-state index in [1.807, 2.05) is 27.7 Å². The molecule has 10 heteroatoms. The number of hydrogen-bond donors (Lipinski definition) is 0. The Balaban J connectivity index is 1.72. The molecular formula is C16H17N5O4S. The Bertz CT molecular complexity index is 913. The third-order valence-corrected chi connectivity index (χ3v) is 4.36. The van der Waals surface area contributed by atoms with Gasteiger partial charge < -0.3 is 8.83 Å². The summed E-state index contributed by atoms with van der Waals surface area (Å²) in [6.45, 7) is 7.87. The van der Waals surface area contributed by atoms with Gasteiger partial charge in [-0.3, -0.25) is 10.1 Å². The van der Waals surface area contributed by atoms with Gasteiger partial charge in [0.25, 0.3) is 10.9 Å². The summed E-state index contributed by atoms with van der Waals surface area (Å²) in [6.07, 6.45) is 0. The van der Waals surface area contributed by atoms with Crippen molar-refractivity contribution in [1.82, 2.24) is 20.4 Å². The fourth-order valence-corrected chi connectivity index (χ4v) is 2.72. The summed E-state index contributed by atoms with van der Waals surface area (Å²) in [4.78, 5) is 10.3. The Morgan fingerprint density at radius 3 is 2.35 bits per heavy atom. The number of rotatable bonds is 5. The van der Waals surface area contributed by atoms with E-state index in [1.54, 1.807) is 12.1 Å².